The quantitative estimate of drug-likeness (QED) is 0.540. The summed E-state index contributed by atoms with van der Waals surface area (Å²) in [4.78, 5) is 23.3. The molecular weight excluding hydrogens is 304 g/mol. The molecule has 0 fully saturated rings. The lowest BCUT2D eigenvalue weighted by molar-refractivity contribution is -0.140. The summed E-state index contributed by atoms with van der Waals surface area (Å²) in [7, 11) is 1.37. The largest absolute Gasteiger partial charge is 0.469 e. The summed E-state index contributed by atoms with van der Waals surface area (Å²) in [5.41, 5.74) is 4.04. The molecule has 0 saturated carbocycles. The SMILES string of the molecule is COC(=O)CCc1ccc2c(-c3ccccc3C)cc(=O)oc2c1. The molecule has 0 aliphatic rings. The molecule has 0 atom stereocenters. The number of carbonyl (C=O) groups is 1. The number of rotatable bonds is 4. The third kappa shape index (κ3) is 3.23. The van der Waals surface area contributed by atoms with E-state index in [1.807, 2.05) is 49.4 Å². The predicted octanol–water partition coefficient (Wildman–Crippen LogP) is 3.87. The summed E-state index contributed by atoms with van der Waals surface area (Å²) in [5.74, 6) is -0.259. The molecule has 0 amide bonds. The van der Waals surface area contributed by atoms with Crippen LogP contribution in [0.1, 0.15) is 17.5 Å². The predicted molar refractivity (Wildman–Crippen MR) is 93.0 cm³/mol. The first-order valence-corrected chi connectivity index (χ1v) is 7.78. The van der Waals surface area contributed by atoms with E-state index in [-0.39, 0.29) is 11.6 Å². The van der Waals surface area contributed by atoms with Gasteiger partial charge in [0, 0.05) is 23.4 Å². The Bertz CT molecular complexity index is 953. The Kier molecular flexibility index (Phi) is 4.47. The number of methoxy groups -OCH3 is 1. The number of benzene rings is 2. The van der Waals surface area contributed by atoms with E-state index >= 15 is 0 Å². The Hall–Kier alpha value is -2.88. The topological polar surface area (TPSA) is 56.5 Å². The van der Waals surface area contributed by atoms with E-state index < -0.39 is 0 Å². The van der Waals surface area contributed by atoms with Gasteiger partial charge in [-0.2, -0.15) is 0 Å². The van der Waals surface area contributed by atoms with Gasteiger partial charge in [0.15, 0.2) is 0 Å². The van der Waals surface area contributed by atoms with Crippen LogP contribution in [0, 0.1) is 6.92 Å². The molecule has 0 radical (unpaired) electrons. The maximum absolute atomic E-state index is 12.0. The minimum absolute atomic E-state index is 0.259. The van der Waals surface area contributed by atoms with Gasteiger partial charge in [-0.25, -0.2) is 4.79 Å². The van der Waals surface area contributed by atoms with Crippen LogP contribution in [0.25, 0.3) is 22.1 Å². The van der Waals surface area contributed by atoms with E-state index in [9.17, 15) is 9.59 Å². The van der Waals surface area contributed by atoms with Crippen LogP contribution in [0.5, 0.6) is 0 Å². The van der Waals surface area contributed by atoms with Crippen molar-refractivity contribution in [1.29, 1.82) is 0 Å². The second-order valence-corrected chi connectivity index (χ2v) is 5.70. The molecule has 0 aliphatic carbocycles. The highest BCUT2D eigenvalue weighted by Gasteiger charge is 2.11. The Morgan fingerprint density at radius 2 is 1.88 bits per heavy atom. The normalized spacial score (nSPS) is 10.8. The lowest BCUT2D eigenvalue weighted by Crippen LogP contribution is -2.02. The van der Waals surface area contributed by atoms with E-state index in [1.165, 1.54) is 13.2 Å². The Balaban J connectivity index is 2.08. The molecule has 3 rings (SSSR count). The van der Waals surface area contributed by atoms with Crippen LogP contribution in [0.4, 0.5) is 0 Å². The van der Waals surface area contributed by atoms with Crippen LogP contribution >= 0.6 is 0 Å². The molecule has 0 N–H and O–H groups in total. The van der Waals surface area contributed by atoms with Crippen molar-refractivity contribution in [2.45, 2.75) is 19.8 Å². The van der Waals surface area contributed by atoms with Crippen molar-refractivity contribution in [2.24, 2.45) is 0 Å². The Labute approximate surface area is 139 Å². The summed E-state index contributed by atoms with van der Waals surface area (Å²) in [6.07, 6.45) is 0.838. The van der Waals surface area contributed by atoms with E-state index in [1.54, 1.807) is 0 Å². The summed E-state index contributed by atoms with van der Waals surface area (Å²) in [6.45, 7) is 2.01. The van der Waals surface area contributed by atoms with Gasteiger partial charge in [0.25, 0.3) is 0 Å². The van der Waals surface area contributed by atoms with Crippen LogP contribution < -0.4 is 5.63 Å². The second kappa shape index (κ2) is 6.71. The molecule has 4 heteroatoms. The van der Waals surface area contributed by atoms with Crippen LogP contribution in [0.2, 0.25) is 0 Å². The van der Waals surface area contributed by atoms with Crippen molar-refractivity contribution in [2.75, 3.05) is 7.11 Å². The lowest BCUT2D eigenvalue weighted by atomic mass is 9.97. The fourth-order valence-electron chi connectivity index (χ4n) is 2.81. The molecule has 3 aromatic rings. The molecule has 0 saturated heterocycles. The van der Waals surface area contributed by atoms with Gasteiger partial charge in [-0.15, -0.1) is 0 Å². The third-order valence-electron chi connectivity index (χ3n) is 4.09. The molecule has 1 heterocycles. The standard InChI is InChI=1S/C20H18O4/c1-13-5-3-4-6-15(13)17-12-20(22)24-18-11-14(7-9-16(17)18)8-10-19(21)23-2/h3-7,9,11-12H,8,10H2,1-2H3. The van der Waals surface area contributed by atoms with E-state index in [0.29, 0.717) is 18.4 Å². The fraction of sp³-hybridized carbons (Fsp3) is 0.200. The average Bonchev–Trinajstić information content (AvgIpc) is 2.59. The molecule has 24 heavy (non-hydrogen) atoms. The van der Waals surface area contributed by atoms with Gasteiger partial charge in [0.2, 0.25) is 0 Å². The number of ether oxygens (including phenoxy) is 1. The summed E-state index contributed by atoms with van der Waals surface area (Å²) in [5, 5.41) is 0.880. The lowest BCUT2D eigenvalue weighted by Gasteiger charge is -2.09. The zero-order valence-corrected chi connectivity index (χ0v) is 13.7. The van der Waals surface area contributed by atoms with Crippen molar-refractivity contribution in [3.8, 4) is 11.1 Å². The van der Waals surface area contributed by atoms with Crippen LogP contribution in [0.15, 0.2) is 57.7 Å². The summed E-state index contributed by atoms with van der Waals surface area (Å²) < 4.78 is 10.0. The Morgan fingerprint density at radius 1 is 1.08 bits per heavy atom. The monoisotopic (exact) mass is 322 g/mol. The highest BCUT2D eigenvalue weighted by molar-refractivity contribution is 5.94. The first-order chi connectivity index (χ1) is 11.6. The molecule has 0 spiro atoms. The first kappa shape index (κ1) is 16.0. The zero-order chi connectivity index (χ0) is 17.1. The summed E-state index contributed by atoms with van der Waals surface area (Å²) >= 11 is 0. The maximum atomic E-state index is 12.0. The van der Waals surface area contributed by atoms with E-state index in [2.05, 4.69) is 4.74 Å². The third-order valence-corrected chi connectivity index (χ3v) is 4.09. The number of carbonyl (C=O) groups excluding carboxylic acids is 1. The van der Waals surface area contributed by atoms with Crippen LogP contribution in [-0.4, -0.2) is 13.1 Å². The molecule has 4 nitrogen and oxygen atoms in total. The first-order valence-electron chi connectivity index (χ1n) is 7.78. The number of fused-ring (bicyclic) bond motifs is 1. The molecule has 0 aliphatic heterocycles. The van der Waals surface area contributed by atoms with Gasteiger partial charge in [-0.05, 0) is 36.1 Å². The minimum atomic E-state index is -0.383. The molecule has 2 aromatic carbocycles. The molecule has 1 aromatic heterocycles. The second-order valence-electron chi connectivity index (χ2n) is 5.70. The zero-order valence-electron chi connectivity index (χ0n) is 13.7. The molecule has 0 bridgehead atoms. The highest BCUT2D eigenvalue weighted by atomic mass is 16.5. The number of hydrogen-bond acceptors (Lipinski definition) is 4. The van der Waals surface area contributed by atoms with E-state index in [4.69, 9.17) is 4.42 Å². The fourth-order valence-corrected chi connectivity index (χ4v) is 2.81. The smallest absolute Gasteiger partial charge is 0.336 e. The summed E-state index contributed by atoms with van der Waals surface area (Å²) in [6, 6.07) is 15.2. The van der Waals surface area contributed by atoms with Crippen LogP contribution in [-0.2, 0) is 16.0 Å². The van der Waals surface area contributed by atoms with Gasteiger partial charge < -0.3 is 9.15 Å². The van der Waals surface area contributed by atoms with Crippen molar-refractivity contribution in [3.63, 3.8) is 0 Å². The highest BCUT2D eigenvalue weighted by Crippen LogP contribution is 2.30. The number of esters is 1. The maximum Gasteiger partial charge on any atom is 0.336 e. The number of aryl methyl sites for hydroxylation is 2. The molecular formula is C20H18O4. The Morgan fingerprint density at radius 3 is 2.62 bits per heavy atom. The average molecular weight is 322 g/mol. The van der Waals surface area contributed by atoms with Gasteiger partial charge >= 0.3 is 11.6 Å². The van der Waals surface area contributed by atoms with Gasteiger partial charge in [-0.1, -0.05) is 36.4 Å². The molecule has 0 unspecified atom stereocenters. The number of hydrogen-bond donors (Lipinski definition) is 0. The molecule has 122 valence electrons. The van der Waals surface area contributed by atoms with E-state index in [0.717, 1.165) is 27.6 Å². The van der Waals surface area contributed by atoms with Gasteiger partial charge in [-0.3, -0.25) is 4.79 Å². The van der Waals surface area contributed by atoms with Gasteiger partial charge in [0.05, 0.1) is 7.11 Å². The van der Waals surface area contributed by atoms with Crippen molar-refractivity contribution in [3.05, 3.63) is 70.1 Å². The minimum Gasteiger partial charge on any atom is -0.469 e. The van der Waals surface area contributed by atoms with Gasteiger partial charge in [0.1, 0.15) is 5.58 Å². The van der Waals surface area contributed by atoms with Crippen molar-refractivity contribution < 1.29 is 13.9 Å². The van der Waals surface area contributed by atoms with Crippen molar-refractivity contribution >= 4 is 16.9 Å². The van der Waals surface area contributed by atoms with Crippen molar-refractivity contribution in [1.82, 2.24) is 0 Å². The van der Waals surface area contributed by atoms with Crippen LogP contribution in [0.3, 0.4) is 0 Å².